The molecule has 2 fully saturated rings. The molecule has 8 heteroatoms. The molecule has 0 bridgehead atoms. The first kappa shape index (κ1) is 17.3. The van der Waals surface area contributed by atoms with Crippen LogP contribution in [0.3, 0.4) is 0 Å². The molecule has 0 N–H and O–H groups in total. The van der Waals surface area contributed by atoms with Crippen LogP contribution in [0.15, 0.2) is 30.7 Å². The van der Waals surface area contributed by atoms with E-state index in [1.54, 1.807) is 29.0 Å². The highest BCUT2D eigenvalue weighted by Crippen LogP contribution is 2.33. The molecule has 1 atom stereocenters. The van der Waals surface area contributed by atoms with E-state index in [4.69, 9.17) is 0 Å². The van der Waals surface area contributed by atoms with Gasteiger partial charge in [-0.2, -0.15) is 5.10 Å². The van der Waals surface area contributed by atoms with Crippen LogP contribution in [0.25, 0.3) is 0 Å². The summed E-state index contributed by atoms with van der Waals surface area (Å²) in [5.74, 6) is -0.126. The van der Waals surface area contributed by atoms with Crippen LogP contribution in [0.1, 0.15) is 53.8 Å². The first-order chi connectivity index (χ1) is 12.4. The van der Waals surface area contributed by atoms with Gasteiger partial charge in [0.1, 0.15) is 5.69 Å². The third-order valence-corrected chi connectivity index (χ3v) is 7.15. The molecule has 1 amide bonds. The number of hydrogen-bond donors (Lipinski definition) is 0. The Kier molecular flexibility index (Phi) is 4.38. The summed E-state index contributed by atoms with van der Waals surface area (Å²) in [4.78, 5) is 15.0. The lowest BCUT2D eigenvalue weighted by molar-refractivity contribution is 0.0684. The Labute approximate surface area is 153 Å². The maximum absolute atomic E-state index is 13.3. The van der Waals surface area contributed by atoms with Crippen molar-refractivity contribution < 1.29 is 13.2 Å². The molecule has 26 heavy (non-hydrogen) atoms. The SMILES string of the molecule is Cn1cc([C@@H]2CS(=O)(=O)CCN2C(=O)c2cccn2C2CCCC2)cn1. The topological polar surface area (TPSA) is 77.2 Å². The zero-order valence-electron chi connectivity index (χ0n) is 14.9. The lowest BCUT2D eigenvalue weighted by Gasteiger charge is -2.35. The van der Waals surface area contributed by atoms with Gasteiger partial charge in [-0.15, -0.1) is 0 Å². The van der Waals surface area contributed by atoms with Crippen LogP contribution >= 0.6 is 0 Å². The molecule has 2 aliphatic rings. The zero-order chi connectivity index (χ0) is 18.3. The van der Waals surface area contributed by atoms with E-state index in [0.29, 0.717) is 11.7 Å². The third kappa shape index (κ3) is 3.18. The van der Waals surface area contributed by atoms with E-state index in [2.05, 4.69) is 9.67 Å². The van der Waals surface area contributed by atoms with Crippen molar-refractivity contribution in [2.45, 2.75) is 37.8 Å². The predicted molar refractivity (Wildman–Crippen MR) is 97.6 cm³/mol. The summed E-state index contributed by atoms with van der Waals surface area (Å²) >= 11 is 0. The number of rotatable bonds is 3. The minimum atomic E-state index is -3.17. The molecule has 1 aliphatic carbocycles. The van der Waals surface area contributed by atoms with Crippen molar-refractivity contribution in [1.82, 2.24) is 19.2 Å². The molecule has 1 aliphatic heterocycles. The van der Waals surface area contributed by atoms with Crippen molar-refractivity contribution >= 4 is 15.7 Å². The number of nitrogens with zero attached hydrogens (tertiary/aromatic N) is 4. The second kappa shape index (κ2) is 6.57. The van der Waals surface area contributed by atoms with E-state index in [9.17, 15) is 13.2 Å². The Morgan fingerprint density at radius 1 is 1.27 bits per heavy atom. The Morgan fingerprint density at radius 3 is 2.73 bits per heavy atom. The third-order valence-electron chi connectivity index (χ3n) is 5.52. The van der Waals surface area contributed by atoms with Crippen molar-refractivity contribution in [1.29, 1.82) is 0 Å². The lowest BCUT2D eigenvalue weighted by atomic mass is 10.1. The zero-order valence-corrected chi connectivity index (χ0v) is 15.7. The van der Waals surface area contributed by atoms with E-state index in [1.165, 1.54) is 12.8 Å². The van der Waals surface area contributed by atoms with E-state index in [-0.39, 0.29) is 24.0 Å². The number of sulfone groups is 1. The summed E-state index contributed by atoms with van der Waals surface area (Å²) in [6.45, 7) is 0.219. The van der Waals surface area contributed by atoms with Crippen molar-refractivity contribution in [3.8, 4) is 0 Å². The molecule has 2 aromatic rings. The van der Waals surface area contributed by atoms with Gasteiger partial charge in [-0.3, -0.25) is 9.48 Å². The monoisotopic (exact) mass is 376 g/mol. The first-order valence-corrected chi connectivity index (χ1v) is 10.9. The normalized spacial score (nSPS) is 23.4. The van der Waals surface area contributed by atoms with Gasteiger partial charge in [0.05, 0.1) is 23.7 Å². The Bertz CT molecular complexity index is 909. The number of aryl methyl sites for hydroxylation is 1. The maximum Gasteiger partial charge on any atom is 0.271 e. The fourth-order valence-electron chi connectivity index (χ4n) is 4.16. The molecule has 0 radical (unpaired) electrons. The van der Waals surface area contributed by atoms with Crippen LogP contribution in [-0.2, 0) is 16.9 Å². The first-order valence-electron chi connectivity index (χ1n) is 9.11. The Balaban J connectivity index is 1.66. The minimum absolute atomic E-state index is 0.0135. The summed E-state index contributed by atoms with van der Waals surface area (Å²) in [6, 6.07) is 3.64. The molecule has 2 aromatic heterocycles. The van der Waals surface area contributed by atoms with Gasteiger partial charge in [0, 0.05) is 37.6 Å². The molecule has 0 unspecified atom stereocenters. The lowest BCUT2D eigenvalue weighted by Crippen LogP contribution is -2.46. The molecule has 4 rings (SSSR count). The fourth-order valence-corrected chi connectivity index (χ4v) is 5.66. The van der Waals surface area contributed by atoms with Crippen LogP contribution < -0.4 is 0 Å². The molecule has 3 heterocycles. The molecule has 1 saturated carbocycles. The minimum Gasteiger partial charge on any atom is -0.340 e. The van der Waals surface area contributed by atoms with E-state index in [0.717, 1.165) is 18.4 Å². The van der Waals surface area contributed by atoms with Gasteiger partial charge < -0.3 is 9.47 Å². The van der Waals surface area contributed by atoms with Gasteiger partial charge in [0.2, 0.25) is 0 Å². The van der Waals surface area contributed by atoms with Crippen LogP contribution in [-0.4, -0.2) is 51.6 Å². The van der Waals surface area contributed by atoms with Crippen LogP contribution in [0, 0.1) is 0 Å². The predicted octanol–water partition coefficient (Wildman–Crippen LogP) is 1.95. The quantitative estimate of drug-likeness (QED) is 0.820. The van der Waals surface area contributed by atoms with E-state index in [1.807, 2.05) is 18.3 Å². The average molecular weight is 376 g/mol. The van der Waals surface area contributed by atoms with Gasteiger partial charge in [-0.25, -0.2) is 8.42 Å². The number of amides is 1. The molecule has 7 nitrogen and oxygen atoms in total. The summed E-state index contributed by atoms with van der Waals surface area (Å²) < 4.78 is 28.1. The largest absolute Gasteiger partial charge is 0.340 e. The molecule has 0 aromatic carbocycles. The van der Waals surface area contributed by atoms with Crippen molar-refractivity contribution in [2.75, 3.05) is 18.1 Å². The molecule has 140 valence electrons. The number of carbonyl (C=O) groups excluding carboxylic acids is 1. The number of hydrogen-bond acceptors (Lipinski definition) is 4. The second-order valence-corrected chi connectivity index (χ2v) is 9.54. The maximum atomic E-state index is 13.3. The van der Waals surface area contributed by atoms with Crippen molar-refractivity contribution in [2.24, 2.45) is 7.05 Å². The molecular formula is C18H24N4O3S. The summed E-state index contributed by atoms with van der Waals surface area (Å²) in [6.07, 6.45) is 9.99. The summed E-state index contributed by atoms with van der Waals surface area (Å²) in [7, 11) is -1.38. The van der Waals surface area contributed by atoms with Crippen LogP contribution in [0.4, 0.5) is 0 Å². The highest BCUT2D eigenvalue weighted by molar-refractivity contribution is 7.91. The Morgan fingerprint density at radius 2 is 2.04 bits per heavy atom. The molecular weight excluding hydrogens is 352 g/mol. The standard InChI is InChI=1S/C18H24N4O3S/c1-20-12-14(11-19-20)17-13-26(24,25)10-9-22(17)18(23)16-7-4-8-21(16)15-5-2-3-6-15/h4,7-8,11-12,15,17H,2-3,5-6,9-10,13H2,1H3/t17-/m0/s1. The fraction of sp³-hybridized carbons (Fsp3) is 0.556. The molecule has 1 saturated heterocycles. The summed E-state index contributed by atoms with van der Waals surface area (Å²) in [5, 5.41) is 4.16. The number of carbonyl (C=O) groups is 1. The van der Waals surface area contributed by atoms with Gasteiger partial charge in [0.25, 0.3) is 5.91 Å². The summed E-state index contributed by atoms with van der Waals surface area (Å²) in [5.41, 5.74) is 1.42. The number of aromatic nitrogens is 3. The average Bonchev–Trinajstić information content (AvgIpc) is 3.34. The van der Waals surface area contributed by atoms with E-state index < -0.39 is 15.9 Å². The van der Waals surface area contributed by atoms with Gasteiger partial charge in [-0.1, -0.05) is 12.8 Å². The van der Waals surface area contributed by atoms with Gasteiger partial charge in [-0.05, 0) is 25.0 Å². The second-order valence-electron chi connectivity index (χ2n) is 7.32. The van der Waals surface area contributed by atoms with E-state index >= 15 is 0 Å². The highest BCUT2D eigenvalue weighted by Gasteiger charge is 2.37. The van der Waals surface area contributed by atoms with Crippen LogP contribution in [0.5, 0.6) is 0 Å². The van der Waals surface area contributed by atoms with Crippen molar-refractivity contribution in [3.05, 3.63) is 42.0 Å². The highest BCUT2D eigenvalue weighted by atomic mass is 32.2. The van der Waals surface area contributed by atoms with Gasteiger partial charge >= 0.3 is 0 Å². The van der Waals surface area contributed by atoms with Gasteiger partial charge in [0.15, 0.2) is 9.84 Å². The van der Waals surface area contributed by atoms with Crippen molar-refractivity contribution in [3.63, 3.8) is 0 Å². The molecule has 0 spiro atoms. The Hall–Kier alpha value is -2.09. The smallest absolute Gasteiger partial charge is 0.271 e. The van der Waals surface area contributed by atoms with Crippen LogP contribution in [0.2, 0.25) is 0 Å².